The molecule has 0 N–H and O–H groups in total. The number of pyridine rings is 2. The summed E-state index contributed by atoms with van der Waals surface area (Å²) >= 11 is 1.13. The fourth-order valence-electron chi connectivity index (χ4n) is 4.99. The summed E-state index contributed by atoms with van der Waals surface area (Å²) in [4.78, 5) is 10.7. The largest absolute Gasteiger partial charge is 0.433 e. The lowest BCUT2D eigenvalue weighted by molar-refractivity contribution is -0.140. The van der Waals surface area contributed by atoms with Crippen LogP contribution >= 0.6 is 11.5 Å². The van der Waals surface area contributed by atoms with Crippen molar-refractivity contribution in [3.8, 4) is 22.5 Å². The molecule has 2 atom stereocenters. The Morgan fingerprint density at radius 3 is 2.78 bits per heavy atom. The van der Waals surface area contributed by atoms with E-state index in [-0.39, 0.29) is 17.8 Å². The SMILES string of the molecule is C[C@@H]1COCCN1c1cc(-c2cccnc2C(F)(F)F)c2snc(-c3ccnn3C3CCCCO3)c2n1. The number of fused-ring (bicyclic) bond motifs is 1. The minimum absolute atomic E-state index is 0.00360. The smallest absolute Gasteiger partial charge is 0.377 e. The van der Waals surface area contributed by atoms with Gasteiger partial charge in [0.25, 0.3) is 0 Å². The van der Waals surface area contributed by atoms with E-state index in [9.17, 15) is 13.2 Å². The molecule has 0 aromatic carbocycles. The summed E-state index contributed by atoms with van der Waals surface area (Å²) in [7, 11) is 0. The molecule has 12 heteroatoms. The van der Waals surface area contributed by atoms with Gasteiger partial charge >= 0.3 is 6.18 Å². The zero-order valence-corrected chi connectivity index (χ0v) is 20.9. The van der Waals surface area contributed by atoms with Crippen LogP contribution in [0.25, 0.3) is 32.7 Å². The van der Waals surface area contributed by atoms with Crippen molar-refractivity contribution < 1.29 is 22.6 Å². The van der Waals surface area contributed by atoms with E-state index in [1.807, 2.05) is 17.7 Å². The van der Waals surface area contributed by atoms with Gasteiger partial charge in [-0.3, -0.25) is 4.98 Å². The van der Waals surface area contributed by atoms with E-state index in [1.54, 1.807) is 12.3 Å². The number of nitrogens with zero attached hydrogens (tertiary/aromatic N) is 6. The summed E-state index contributed by atoms with van der Waals surface area (Å²) in [5, 5.41) is 4.50. The van der Waals surface area contributed by atoms with Gasteiger partial charge in [-0.1, -0.05) is 6.07 Å². The van der Waals surface area contributed by atoms with Crippen molar-refractivity contribution in [3.63, 3.8) is 0 Å². The van der Waals surface area contributed by atoms with Gasteiger partial charge in [0.15, 0.2) is 11.9 Å². The van der Waals surface area contributed by atoms with Gasteiger partial charge in [0.05, 0.1) is 29.6 Å². The molecule has 4 aromatic heterocycles. The van der Waals surface area contributed by atoms with Crippen molar-refractivity contribution in [2.75, 3.05) is 31.3 Å². The Labute approximate surface area is 215 Å². The molecule has 6 heterocycles. The molecule has 1 unspecified atom stereocenters. The van der Waals surface area contributed by atoms with E-state index in [1.165, 1.54) is 12.1 Å². The fourth-order valence-corrected chi connectivity index (χ4v) is 5.84. The summed E-state index contributed by atoms with van der Waals surface area (Å²) in [6.45, 7) is 4.28. The normalized spacial score (nSPS) is 21.0. The molecule has 2 aliphatic rings. The van der Waals surface area contributed by atoms with Crippen LogP contribution < -0.4 is 4.90 Å². The number of hydrogen-bond acceptors (Lipinski definition) is 8. The van der Waals surface area contributed by atoms with Crippen LogP contribution in [0.3, 0.4) is 0 Å². The van der Waals surface area contributed by atoms with Crippen molar-refractivity contribution in [1.29, 1.82) is 0 Å². The zero-order chi connectivity index (χ0) is 25.6. The van der Waals surface area contributed by atoms with Gasteiger partial charge in [0, 0.05) is 36.7 Å². The Hall–Kier alpha value is -3.09. The van der Waals surface area contributed by atoms with Crippen LogP contribution in [0, 0.1) is 0 Å². The Bertz CT molecular complexity index is 1420. The van der Waals surface area contributed by atoms with Crippen LogP contribution in [0.4, 0.5) is 19.0 Å². The zero-order valence-electron chi connectivity index (χ0n) is 20.1. The molecule has 0 amide bonds. The van der Waals surface area contributed by atoms with Gasteiger partial charge in [0.2, 0.25) is 0 Å². The Kier molecular flexibility index (Phi) is 6.33. The maximum atomic E-state index is 14.0. The Morgan fingerprint density at radius 2 is 2.00 bits per heavy atom. The minimum atomic E-state index is -4.61. The molecule has 8 nitrogen and oxygen atoms in total. The van der Waals surface area contributed by atoms with Crippen molar-refractivity contribution in [2.45, 2.75) is 44.6 Å². The average molecular weight is 531 g/mol. The molecule has 0 aliphatic carbocycles. The number of halogens is 3. The maximum Gasteiger partial charge on any atom is 0.433 e. The van der Waals surface area contributed by atoms with E-state index in [2.05, 4.69) is 15.0 Å². The molecule has 2 saturated heterocycles. The summed E-state index contributed by atoms with van der Waals surface area (Å²) in [5.74, 6) is 0.580. The third kappa shape index (κ3) is 4.47. The number of ether oxygens (including phenoxy) is 2. The maximum absolute atomic E-state index is 14.0. The molecular formula is C25H25F3N6O2S. The predicted octanol–water partition coefficient (Wildman–Crippen LogP) is 5.56. The molecular weight excluding hydrogens is 505 g/mol. The van der Waals surface area contributed by atoms with Gasteiger partial charge in [-0.05, 0) is 55.9 Å². The van der Waals surface area contributed by atoms with Gasteiger partial charge in [-0.2, -0.15) is 22.6 Å². The second kappa shape index (κ2) is 9.66. The highest BCUT2D eigenvalue weighted by Gasteiger charge is 2.36. The van der Waals surface area contributed by atoms with Crippen LogP contribution in [0.15, 0.2) is 36.7 Å². The summed E-state index contributed by atoms with van der Waals surface area (Å²) in [6, 6.07) is 6.56. The number of hydrogen-bond donors (Lipinski definition) is 0. The third-order valence-electron chi connectivity index (χ3n) is 6.78. The molecule has 6 rings (SSSR count). The van der Waals surface area contributed by atoms with E-state index >= 15 is 0 Å². The standard InChI is InChI=1S/C25H25F3N6O2S/c1-15-14-35-12-10-33(15)19-13-17(16-5-4-8-29-24(16)25(26,27)28)23-22(31-19)21(32-37-23)18-7-9-30-34(18)20-6-2-3-11-36-20/h4-5,7-9,13,15,20H,2-3,6,10-12,14H2,1H3/t15-,20?/m1/s1. The number of anilines is 1. The number of rotatable bonds is 4. The van der Waals surface area contributed by atoms with E-state index < -0.39 is 11.9 Å². The van der Waals surface area contributed by atoms with Crippen molar-refractivity contribution >= 4 is 27.6 Å². The van der Waals surface area contributed by atoms with E-state index in [4.69, 9.17) is 18.8 Å². The van der Waals surface area contributed by atoms with Crippen LogP contribution in [0.5, 0.6) is 0 Å². The quantitative estimate of drug-likeness (QED) is 0.342. The highest BCUT2D eigenvalue weighted by Crippen LogP contribution is 2.43. The van der Waals surface area contributed by atoms with Crippen LogP contribution in [-0.4, -0.2) is 56.5 Å². The molecule has 0 bridgehead atoms. The number of morpholine rings is 1. The van der Waals surface area contributed by atoms with Crippen LogP contribution in [-0.2, 0) is 15.7 Å². The highest BCUT2D eigenvalue weighted by atomic mass is 32.1. The van der Waals surface area contributed by atoms with Crippen molar-refractivity contribution in [3.05, 3.63) is 42.4 Å². The monoisotopic (exact) mass is 530 g/mol. The van der Waals surface area contributed by atoms with Gasteiger partial charge < -0.3 is 14.4 Å². The first-order valence-electron chi connectivity index (χ1n) is 12.2. The second-order valence-electron chi connectivity index (χ2n) is 9.23. The fraction of sp³-hybridized carbons (Fsp3) is 0.440. The topological polar surface area (TPSA) is 78.2 Å². The predicted molar refractivity (Wildman–Crippen MR) is 133 cm³/mol. The summed E-state index contributed by atoms with van der Waals surface area (Å²) in [6.07, 6.45) is 0.898. The lowest BCUT2D eigenvalue weighted by Crippen LogP contribution is -2.44. The minimum Gasteiger partial charge on any atom is -0.377 e. The Balaban J connectivity index is 1.57. The molecule has 2 fully saturated rings. The van der Waals surface area contributed by atoms with Crippen molar-refractivity contribution in [1.82, 2.24) is 24.1 Å². The first kappa shape index (κ1) is 24.3. The molecule has 0 radical (unpaired) electrons. The van der Waals surface area contributed by atoms with Crippen LogP contribution in [0.2, 0.25) is 0 Å². The second-order valence-corrected chi connectivity index (χ2v) is 10.0. The molecule has 194 valence electrons. The lowest BCUT2D eigenvalue weighted by atomic mass is 10.0. The molecule has 2 aliphatic heterocycles. The van der Waals surface area contributed by atoms with Crippen LogP contribution in [0.1, 0.15) is 38.1 Å². The number of alkyl halides is 3. The first-order chi connectivity index (χ1) is 17.9. The van der Waals surface area contributed by atoms with Gasteiger partial charge in [0.1, 0.15) is 17.0 Å². The molecule has 0 spiro atoms. The van der Waals surface area contributed by atoms with E-state index in [0.29, 0.717) is 53.7 Å². The first-order valence-corrected chi connectivity index (χ1v) is 13.0. The highest BCUT2D eigenvalue weighted by molar-refractivity contribution is 7.14. The summed E-state index contributed by atoms with van der Waals surface area (Å²) in [5.41, 5.74) is 1.32. The van der Waals surface area contributed by atoms with E-state index in [0.717, 1.165) is 42.7 Å². The summed E-state index contributed by atoms with van der Waals surface area (Å²) < 4.78 is 60.6. The molecule has 4 aromatic rings. The average Bonchev–Trinajstić information content (AvgIpc) is 3.55. The van der Waals surface area contributed by atoms with Gasteiger partial charge in [-0.15, -0.1) is 0 Å². The third-order valence-corrected chi connectivity index (χ3v) is 7.65. The van der Waals surface area contributed by atoms with Crippen molar-refractivity contribution in [2.24, 2.45) is 0 Å². The van der Waals surface area contributed by atoms with Gasteiger partial charge in [-0.25, -0.2) is 9.67 Å². The number of aromatic nitrogens is 5. The Morgan fingerprint density at radius 1 is 1.11 bits per heavy atom. The molecule has 37 heavy (non-hydrogen) atoms. The molecule has 0 saturated carbocycles. The lowest BCUT2D eigenvalue weighted by Gasteiger charge is -2.34.